The Balaban J connectivity index is 1.30. The first kappa shape index (κ1) is 19.0. The Kier molecular flexibility index (Phi) is 5.66. The zero-order valence-corrected chi connectivity index (χ0v) is 17.5. The summed E-state index contributed by atoms with van der Waals surface area (Å²) in [5.74, 6) is 0.681. The van der Waals surface area contributed by atoms with Crippen LogP contribution in [0.1, 0.15) is 33.8 Å². The van der Waals surface area contributed by atoms with Crippen molar-refractivity contribution in [3.8, 4) is 0 Å². The lowest BCUT2D eigenvalue weighted by molar-refractivity contribution is 0.0655. The van der Waals surface area contributed by atoms with Crippen molar-refractivity contribution in [2.24, 2.45) is 5.92 Å². The van der Waals surface area contributed by atoms with Crippen molar-refractivity contribution in [3.63, 3.8) is 0 Å². The van der Waals surface area contributed by atoms with Gasteiger partial charge in [-0.1, -0.05) is 30.3 Å². The number of para-hydroxylation sites is 1. The predicted molar refractivity (Wildman–Crippen MR) is 116 cm³/mol. The largest absolute Gasteiger partial charge is 0.451 e. The second-order valence-electron chi connectivity index (χ2n) is 7.07. The number of likely N-dealkylation sites (tertiary alicyclic amines) is 1. The van der Waals surface area contributed by atoms with E-state index in [2.05, 4.69) is 27.9 Å². The standard InChI is InChI=1S/C22H21IN2O3/c23-18-7-3-2-6-17(18)21(26)24-14-15-9-11-25(12-10-15)22(27)20-13-16-5-1-4-8-19(16)28-20/h1-8,13,15H,9-12,14H2,(H,24,26). The van der Waals surface area contributed by atoms with Gasteiger partial charge in [-0.2, -0.15) is 0 Å². The van der Waals surface area contributed by atoms with Crippen LogP contribution in [0, 0.1) is 9.49 Å². The van der Waals surface area contributed by atoms with Crippen LogP contribution in [-0.4, -0.2) is 36.3 Å². The molecule has 1 aromatic heterocycles. The molecule has 0 aliphatic carbocycles. The highest BCUT2D eigenvalue weighted by Crippen LogP contribution is 2.23. The van der Waals surface area contributed by atoms with Crippen molar-refractivity contribution < 1.29 is 14.0 Å². The maximum Gasteiger partial charge on any atom is 0.289 e. The predicted octanol–water partition coefficient (Wildman–Crippen LogP) is 4.32. The van der Waals surface area contributed by atoms with E-state index in [1.54, 1.807) is 0 Å². The van der Waals surface area contributed by atoms with Crippen LogP contribution in [-0.2, 0) is 0 Å². The number of carbonyl (C=O) groups is 2. The topological polar surface area (TPSA) is 62.6 Å². The molecule has 0 atom stereocenters. The molecule has 0 saturated carbocycles. The Morgan fingerprint density at radius 3 is 2.54 bits per heavy atom. The number of fused-ring (bicyclic) bond motifs is 1. The van der Waals surface area contributed by atoms with Gasteiger partial charge in [0.05, 0.1) is 5.56 Å². The number of carbonyl (C=O) groups excluding carboxylic acids is 2. The lowest BCUT2D eigenvalue weighted by Gasteiger charge is -2.31. The summed E-state index contributed by atoms with van der Waals surface area (Å²) in [7, 11) is 0. The number of hydrogen-bond donors (Lipinski definition) is 1. The van der Waals surface area contributed by atoms with E-state index in [1.807, 2.05) is 59.5 Å². The molecule has 2 amide bonds. The van der Waals surface area contributed by atoms with E-state index in [-0.39, 0.29) is 11.8 Å². The summed E-state index contributed by atoms with van der Waals surface area (Å²) in [4.78, 5) is 26.9. The summed E-state index contributed by atoms with van der Waals surface area (Å²) in [6, 6.07) is 17.0. The molecular weight excluding hydrogens is 467 g/mol. The Morgan fingerprint density at radius 1 is 1.07 bits per heavy atom. The minimum atomic E-state index is -0.0578. The third-order valence-electron chi connectivity index (χ3n) is 5.21. The summed E-state index contributed by atoms with van der Waals surface area (Å²) in [6.07, 6.45) is 1.75. The van der Waals surface area contributed by atoms with Crippen LogP contribution < -0.4 is 5.32 Å². The minimum absolute atomic E-state index is 0.0363. The number of furan rings is 1. The van der Waals surface area contributed by atoms with Crippen LogP contribution in [0.2, 0.25) is 0 Å². The molecule has 1 N–H and O–H groups in total. The zero-order chi connectivity index (χ0) is 19.5. The lowest BCUT2D eigenvalue weighted by Crippen LogP contribution is -2.41. The molecule has 2 aromatic carbocycles. The smallest absolute Gasteiger partial charge is 0.289 e. The summed E-state index contributed by atoms with van der Waals surface area (Å²) < 4.78 is 6.65. The molecule has 0 radical (unpaired) electrons. The maximum absolute atomic E-state index is 12.7. The van der Waals surface area contributed by atoms with E-state index in [1.165, 1.54) is 0 Å². The van der Waals surface area contributed by atoms with Crippen molar-refractivity contribution in [2.45, 2.75) is 12.8 Å². The van der Waals surface area contributed by atoms with Crippen molar-refractivity contribution >= 4 is 45.4 Å². The molecule has 0 bridgehead atoms. The van der Waals surface area contributed by atoms with Crippen LogP contribution in [0.15, 0.2) is 59.0 Å². The number of hydrogen-bond acceptors (Lipinski definition) is 3. The van der Waals surface area contributed by atoms with Gasteiger partial charge < -0.3 is 14.6 Å². The third kappa shape index (κ3) is 4.06. The van der Waals surface area contributed by atoms with Gasteiger partial charge in [0, 0.05) is 28.6 Å². The number of nitrogens with zero attached hydrogens (tertiary/aromatic N) is 1. The molecule has 28 heavy (non-hydrogen) atoms. The van der Waals surface area contributed by atoms with Gasteiger partial charge in [-0.3, -0.25) is 9.59 Å². The Morgan fingerprint density at radius 2 is 1.79 bits per heavy atom. The first-order valence-corrected chi connectivity index (χ1v) is 10.5. The number of piperidine rings is 1. The number of rotatable bonds is 4. The number of nitrogens with one attached hydrogen (secondary N) is 1. The fourth-order valence-electron chi connectivity index (χ4n) is 3.56. The number of amides is 2. The Hall–Kier alpha value is -2.35. The first-order valence-electron chi connectivity index (χ1n) is 9.42. The molecule has 0 spiro atoms. The number of halogens is 1. The lowest BCUT2D eigenvalue weighted by atomic mass is 9.96. The van der Waals surface area contributed by atoms with Crippen molar-refractivity contribution in [1.29, 1.82) is 0 Å². The quantitative estimate of drug-likeness (QED) is 0.557. The van der Waals surface area contributed by atoms with Gasteiger partial charge in [0.1, 0.15) is 5.58 Å². The van der Waals surface area contributed by atoms with E-state index in [4.69, 9.17) is 4.42 Å². The molecule has 1 aliphatic heterocycles. The van der Waals surface area contributed by atoms with E-state index >= 15 is 0 Å². The monoisotopic (exact) mass is 488 g/mol. The molecule has 144 valence electrons. The Bertz CT molecular complexity index is 973. The van der Waals surface area contributed by atoms with Crippen molar-refractivity contribution in [3.05, 3.63) is 69.5 Å². The van der Waals surface area contributed by atoms with Gasteiger partial charge in [0.2, 0.25) is 0 Å². The summed E-state index contributed by atoms with van der Waals surface area (Å²) in [6.45, 7) is 2.00. The fraction of sp³-hybridized carbons (Fsp3) is 0.273. The van der Waals surface area contributed by atoms with Crippen LogP contribution in [0.4, 0.5) is 0 Å². The molecule has 4 rings (SSSR count). The molecule has 1 aliphatic rings. The van der Waals surface area contributed by atoms with Crippen molar-refractivity contribution in [1.82, 2.24) is 10.2 Å². The zero-order valence-electron chi connectivity index (χ0n) is 15.4. The average molecular weight is 488 g/mol. The molecule has 1 fully saturated rings. The molecule has 0 unspecified atom stereocenters. The molecule has 1 saturated heterocycles. The van der Waals surface area contributed by atoms with Gasteiger partial charge in [-0.15, -0.1) is 0 Å². The molecule has 5 nitrogen and oxygen atoms in total. The minimum Gasteiger partial charge on any atom is -0.451 e. The normalized spacial score (nSPS) is 15.0. The van der Waals surface area contributed by atoms with Gasteiger partial charge >= 0.3 is 0 Å². The van der Waals surface area contributed by atoms with E-state index in [9.17, 15) is 9.59 Å². The van der Waals surface area contributed by atoms with Gasteiger partial charge in [0.25, 0.3) is 11.8 Å². The highest BCUT2D eigenvalue weighted by atomic mass is 127. The second kappa shape index (κ2) is 8.34. The number of benzene rings is 2. The van der Waals surface area contributed by atoms with Gasteiger partial charge in [-0.05, 0) is 65.6 Å². The molecule has 3 aromatic rings. The SMILES string of the molecule is O=C(NCC1CCN(C(=O)c2cc3ccccc3o2)CC1)c1ccccc1I. The van der Waals surface area contributed by atoms with Crippen molar-refractivity contribution in [2.75, 3.05) is 19.6 Å². The van der Waals surface area contributed by atoms with Gasteiger partial charge in [0.15, 0.2) is 5.76 Å². The molecule has 2 heterocycles. The molecule has 6 heteroatoms. The van der Waals surface area contributed by atoms with E-state index in [0.717, 1.165) is 27.4 Å². The highest BCUT2D eigenvalue weighted by molar-refractivity contribution is 14.1. The average Bonchev–Trinajstić information content (AvgIpc) is 3.16. The third-order valence-corrected chi connectivity index (χ3v) is 6.15. The van der Waals surface area contributed by atoms with E-state index < -0.39 is 0 Å². The van der Waals surface area contributed by atoms with Crippen LogP contribution in [0.5, 0.6) is 0 Å². The first-order chi connectivity index (χ1) is 13.6. The summed E-state index contributed by atoms with van der Waals surface area (Å²) in [5, 5.41) is 3.98. The Labute approximate surface area is 177 Å². The fourth-order valence-corrected chi connectivity index (χ4v) is 4.19. The van der Waals surface area contributed by atoms with Gasteiger partial charge in [-0.25, -0.2) is 0 Å². The summed E-state index contributed by atoms with van der Waals surface area (Å²) >= 11 is 2.18. The second-order valence-corrected chi connectivity index (χ2v) is 8.24. The van der Waals surface area contributed by atoms with E-state index in [0.29, 0.717) is 36.9 Å². The highest BCUT2D eigenvalue weighted by Gasteiger charge is 2.26. The van der Waals surface area contributed by atoms with Crippen LogP contribution in [0.25, 0.3) is 11.0 Å². The van der Waals surface area contributed by atoms with Crippen LogP contribution >= 0.6 is 22.6 Å². The maximum atomic E-state index is 12.7. The molecular formula is C22H21IN2O3. The van der Waals surface area contributed by atoms with Crippen LogP contribution in [0.3, 0.4) is 0 Å². The summed E-state index contributed by atoms with van der Waals surface area (Å²) in [5.41, 5.74) is 1.44.